The normalized spacial score (nSPS) is 17.8. The Balaban J connectivity index is 2.08. The Morgan fingerprint density at radius 2 is 2.46 bits per heavy atom. The summed E-state index contributed by atoms with van der Waals surface area (Å²) in [5.74, 6) is 0. The summed E-state index contributed by atoms with van der Waals surface area (Å²) in [6.45, 7) is 0. The van der Waals surface area contributed by atoms with Crippen molar-refractivity contribution in [2.45, 2.75) is 24.9 Å². The van der Waals surface area contributed by atoms with E-state index in [9.17, 15) is 0 Å². The van der Waals surface area contributed by atoms with Crippen LogP contribution in [0.3, 0.4) is 0 Å². The molecule has 66 valence electrons. The molecule has 3 nitrogen and oxygen atoms in total. The van der Waals surface area contributed by atoms with Crippen LogP contribution in [0.2, 0.25) is 0 Å². The van der Waals surface area contributed by atoms with Crippen molar-refractivity contribution in [3.05, 3.63) is 30.1 Å². The quantitative estimate of drug-likeness (QED) is 0.751. The summed E-state index contributed by atoms with van der Waals surface area (Å²) in [6, 6.07) is 6.37. The first-order chi connectivity index (χ1) is 6.40. The molecule has 1 unspecified atom stereocenters. The molecule has 0 amide bonds. The molecule has 0 saturated heterocycles. The molecule has 1 aromatic rings. The van der Waals surface area contributed by atoms with Crippen LogP contribution >= 0.6 is 0 Å². The fourth-order valence-corrected chi connectivity index (χ4v) is 1.24. The van der Waals surface area contributed by atoms with Gasteiger partial charge >= 0.3 is 0 Å². The van der Waals surface area contributed by atoms with Crippen LogP contribution in [-0.4, -0.2) is 11.0 Å². The van der Waals surface area contributed by atoms with Crippen molar-refractivity contribution in [3.63, 3.8) is 0 Å². The van der Waals surface area contributed by atoms with E-state index in [0.717, 1.165) is 5.56 Å². The first kappa shape index (κ1) is 8.21. The zero-order valence-corrected chi connectivity index (χ0v) is 7.27. The zero-order chi connectivity index (χ0) is 9.10. The van der Waals surface area contributed by atoms with E-state index in [2.05, 4.69) is 16.4 Å². The molecule has 1 heterocycles. The first-order valence-corrected chi connectivity index (χ1v) is 4.46. The van der Waals surface area contributed by atoms with Gasteiger partial charge in [-0.3, -0.25) is 10.3 Å². The van der Waals surface area contributed by atoms with E-state index in [1.54, 1.807) is 12.4 Å². The second kappa shape index (κ2) is 3.55. The molecular formula is C10H11N3. The minimum Gasteiger partial charge on any atom is -0.295 e. The van der Waals surface area contributed by atoms with Gasteiger partial charge in [-0.25, -0.2) is 0 Å². The third-order valence-electron chi connectivity index (χ3n) is 2.13. The summed E-state index contributed by atoms with van der Waals surface area (Å²) < 4.78 is 0. The van der Waals surface area contributed by atoms with E-state index in [0.29, 0.717) is 6.04 Å². The molecule has 1 saturated carbocycles. The highest BCUT2D eigenvalue weighted by atomic mass is 15.0. The Morgan fingerprint density at radius 3 is 3.00 bits per heavy atom. The fraction of sp³-hybridized carbons (Fsp3) is 0.400. The highest BCUT2D eigenvalue weighted by molar-refractivity contribution is 5.20. The smallest absolute Gasteiger partial charge is 0.123 e. The number of hydrogen-bond donors (Lipinski definition) is 1. The van der Waals surface area contributed by atoms with Gasteiger partial charge in [-0.15, -0.1) is 0 Å². The van der Waals surface area contributed by atoms with Crippen LogP contribution in [-0.2, 0) is 0 Å². The SMILES string of the molecule is N#CC(NC1CC1)c1cccnc1. The molecule has 1 N–H and O–H groups in total. The Morgan fingerprint density at radius 1 is 1.62 bits per heavy atom. The minimum absolute atomic E-state index is 0.193. The van der Waals surface area contributed by atoms with Crippen LogP contribution in [0.1, 0.15) is 24.4 Å². The van der Waals surface area contributed by atoms with Crippen molar-refractivity contribution >= 4 is 0 Å². The predicted molar refractivity (Wildman–Crippen MR) is 48.7 cm³/mol. The van der Waals surface area contributed by atoms with Crippen molar-refractivity contribution in [2.24, 2.45) is 0 Å². The van der Waals surface area contributed by atoms with Crippen LogP contribution in [0.25, 0.3) is 0 Å². The lowest BCUT2D eigenvalue weighted by molar-refractivity contribution is 0.624. The molecular weight excluding hydrogens is 162 g/mol. The van der Waals surface area contributed by atoms with E-state index in [4.69, 9.17) is 5.26 Å². The average molecular weight is 173 g/mol. The molecule has 0 radical (unpaired) electrons. The van der Waals surface area contributed by atoms with Crippen LogP contribution < -0.4 is 5.32 Å². The zero-order valence-electron chi connectivity index (χ0n) is 7.27. The second-order valence-electron chi connectivity index (χ2n) is 3.29. The molecule has 0 spiro atoms. The lowest BCUT2D eigenvalue weighted by Crippen LogP contribution is -2.21. The van der Waals surface area contributed by atoms with E-state index in [-0.39, 0.29) is 6.04 Å². The summed E-state index contributed by atoms with van der Waals surface area (Å²) in [7, 11) is 0. The molecule has 0 bridgehead atoms. The summed E-state index contributed by atoms with van der Waals surface area (Å²) in [6.07, 6.45) is 5.84. The van der Waals surface area contributed by atoms with Gasteiger partial charge in [-0.05, 0) is 18.9 Å². The fourth-order valence-electron chi connectivity index (χ4n) is 1.24. The van der Waals surface area contributed by atoms with Gasteiger partial charge in [0.1, 0.15) is 6.04 Å². The monoisotopic (exact) mass is 173 g/mol. The van der Waals surface area contributed by atoms with Crippen LogP contribution in [0.5, 0.6) is 0 Å². The van der Waals surface area contributed by atoms with Gasteiger partial charge in [0.15, 0.2) is 0 Å². The number of nitrogens with zero attached hydrogens (tertiary/aromatic N) is 2. The Bertz CT molecular complexity index is 311. The summed E-state index contributed by atoms with van der Waals surface area (Å²) in [4.78, 5) is 3.99. The molecule has 1 fully saturated rings. The van der Waals surface area contributed by atoms with Gasteiger partial charge in [0.05, 0.1) is 6.07 Å². The molecule has 0 aliphatic heterocycles. The van der Waals surface area contributed by atoms with Gasteiger partial charge in [-0.1, -0.05) is 6.07 Å². The maximum Gasteiger partial charge on any atom is 0.123 e. The van der Waals surface area contributed by atoms with Crippen molar-refractivity contribution in [2.75, 3.05) is 0 Å². The number of aromatic nitrogens is 1. The third-order valence-corrected chi connectivity index (χ3v) is 2.13. The number of nitrogens with one attached hydrogen (secondary N) is 1. The van der Waals surface area contributed by atoms with Crippen LogP contribution in [0.4, 0.5) is 0 Å². The second-order valence-corrected chi connectivity index (χ2v) is 3.29. The largest absolute Gasteiger partial charge is 0.295 e. The third kappa shape index (κ3) is 2.04. The number of rotatable bonds is 3. The molecule has 1 aliphatic rings. The van der Waals surface area contributed by atoms with E-state index in [1.807, 2.05) is 12.1 Å². The number of hydrogen-bond acceptors (Lipinski definition) is 3. The number of nitriles is 1. The maximum atomic E-state index is 8.92. The van der Waals surface area contributed by atoms with Gasteiger partial charge in [-0.2, -0.15) is 5.26 Å². The molecule has 2 rings (SSSR count). The lowest BCUT2D eigenvalue weighted by Gasteiger charge is -2.09. The summed E-state index contributed by atoms with van der Waals surface area (Å²) in [5.41, 5.74) is 0.955. The van der Waals surface area contributed by atoms with Crippen molar-refractivity contribution < 1.29 is 0 Å². The Hall–Kier alpha value is -1.40. The van der Waals surface area contributed by atoms with E-state index < -0.39 is 0 Å². The summed E-state index contributed by atoms with van der Waals surface area (Å²) in [5, 5.41) is 12.2. The molecule has 0 aromatic carbocycles. The van der Waals surface area contributed by atoms with Gasteiger partial charge in [0.25, 0.3) is 0 Å². The molecule has 1 atom stereocenters. The Kier molecular flexibility index (Phi) is 2.24. The Labute approximate surface area is 77.4 Å². The van der Waals surface area contributed by atoms with Gasteiger partial charge in [0, 0.05) is 24.0 Å². The van der Waals surface area contributed by atoms with Crippen LogP contribution in [0.15, 0.2) is 24.5 Å². The highest BCUT2D eigenvalue weighted by Gasteiger charge is 2.25. The molecule has 13 heavy (non-hydrogen) atoms. The van der Waals surface area contributed by atoms with Crippen molar-refractivity contribution in [3.8, 4) is 6.07 Å². The maximum absolute atomic E-state index is 8.92. The topological polar surface area (TPSA) is 48.7 Å². The highest BCUT2D eigenvalue weighted by Crippen LogP contribution is 2.23. The number of pyridine rings is 1. The first-order valence-electron chi connectivity index (χ1n) is 4.46. The van der Waals surface area contributed by atoms with E-state index >= 15 is 0 Å². The standard InChI is InChI=1S/C10H11N3/c11-6-10(13-9-3-4-9)8-2-1-5-12-7-8/h1-2,5,7,9-10,13H,3-4H2. The van der Waals surface area contributed by atoms with Gasteiger partial charge in [0.2, 0.25) is 0 Å². The predicted octanol–water partition coefficient (Wildman–Crippen LogP) is 1.40. The van der Waals surface area contributed by atoms with Crippen LogP contribution in [0, 0.1) is 11.3 Å². The average Bonchev–Trinajstić information content (AvgIpc) is 2.99. The van der Waals surface area contributed by atoms with Crippen molar-refractivity contribution in [1.29, 1.82) is 5.26 Å². The van der Waals surface area contributed by atoms with E-state index in [1.165, 1.54) is 12.8 Å². The minimum atomic E-state index is -0.193. The molecule has 1 aliphatic carbocycles. The van der Waals surface area contributed by atoms with Gasteiger partial charge < -0.3 is 0 Å². The summed E-state index contributed by atoms with van der Waals surface area (Å²) >= 11 is 0. The lowest BCUT2D eigenvalue weighted by atomic mass is 10.1. The molecule has 1 aromatic heterocycles. The van der Waals surface area contributed by atoms with Crippen molar-refractivity contribution in [1.82, 2.24) is 10.3 Å². The molecule has 3 heteroatoms.